The normalized spacial score (nSPS) is 10.3. The molecule has 1 aromatic heterocycles. The van der Waals surface area contributed by atoms with Gasteiger partial charge in [-0.2, -0.15) is 0 Å². The van der Waals surface area contributed by atoms with Crippen LogP contribution in [0.5, 0.6) is 5.75 Å². The summed E-state index contributed by atoms with van der Waals surface area (Å²) in [4.78, 5) is 8.20. The Labute approximate surface area is 127 Å². The topological polar surface area (TPSA) is 59.1 Å². The van der Waals surface area contributed by atoms with Crippen molar-refractivity contribution < 1.29 is 9.13 Å². The van der Waals surface area contributed by atoms with Gasteiger partial charge in [0.25, 0.3) is 0 Å². The van der Waals surface area contributed by atoms with Gasteiger partial charge in [-0.3, -0.25) is 0 Å². The maximum atomic E-state index is 13.8. The van der Waals surface area contributed by atoms with E-state index in [1.165, 1.54) is 25.6 Å². The van der Waals surface area contributed by atoms with E-state index < -0.39 is 5.82 Å². The van der Waals surface area contributed by atoms with E-state index in [-0.39, 0.29) is 10.7 Å². The van der Waals surface area contributed by atoms with Crippen LogP contribution >= 0.6 is 11.6 Å². The molecule has 0 atom stereocenters. The third-order valence-corrected chi connectivity index (χ3v) is 3.07. The van der Waals surface area contributed by atoms with E-state index in [1.54, 1.807) is 6.07 Å². The number of para-hydroxylation sites is 1. The van der Waals surface area contributed by atoms with Gasteiger partial charge < -0.3 is 15.4 Å². The summed E-state index contributed by atoms with van der Waals surface area (Å²) < 4.78 is 19.1. The number of ether oxygens (including phenoxy) is 1. The van der Waals surface area contributed by atoms with Crippen LogP contribution in [0.4, 0.5) is 21.7 Å². The molecule has 112 valence electrons. The van der Waals surface area contributed by atoms with E-state index in [0.29, 0.717) is 17.4 Å². The van der Waals surface area contributed by atoms with Crippen molar-refractivity contribution in [2.24, 2.45) is 0 Å². The maximum Gasteiger partial charge on any atom is 0.204 e. The van der Waals surface area contributed by atoms with E-state index in [0.717, 1.165) is 13.0 Å². The van der Waals surface area contributed by atoms with Gasteiger partial charge in [-0.15, -0.1) is 0 Å². The van der Waals surface area contributed by atoms with E-state index in [9.17, 15) is 4.39 Å². The van der Waals surface area contributed by atoms with Gasteiger partial charge in [-0.25, -0.2) is 14.4 Å². The van der Waals surface area contributed by atoms with Crippen molar-refractivity contribution >= 4 is 28.9 Å². The predicted molar refractivity (Wildman–Crippen MR) is 82.1 cm³/mol. The molecular weight excluding hydrogens is 295 g/mol. The minimum atomic E-state index is -0.466. The van der Waals surface area contributed by atoms with Crippen LogP contribution in [-0.2, 0) is 0 Å². The number of anilines is 3. The summed E-state index contributed by atoms with van der Waals surface area (Å²) in [5.74, 6) is 0.832. The predicted octanol–water partition coefficient (Wildman–Crippen LogP) is 3.84. The molecule has 1 heterocycles. The molecule has 0 spiro atoms. The number of hydrogen-bond acceptors (Lipinski definition) is 5. The van der Waals surface area contributed by atoms with Crippen molar-refractivity contribution in [1.82, 2.24) is 9.97 Å². The van der Waals surface area contributed by atoms with E-state index >= 15 is 0 Å². The van der Waals surface area contributed by atoms with Crippen LogP contribution in [0.2, 0.25) is 5.02 Å². The minimum Gasteiger partial charge on any atom is -0.490 e. The van der Waals surface area contributed by atoms with Gasteiger partial charge in [0.15, 0.2) is 11.6 Å². The summed E-state index contributed by atoms with van der Waals surface area (Å²) in [6.45, 7) is 2.78. The average Bonchev–Trinajstić information content (AvgIpc) is 2.49. The average molecular weight is 311 g/mol. The Balaban J connectivity index is 2.35. The van der Waals surface area contributed by atoms with Gasteiger partial charge in [0.1, 0.15) is 12.1 Å². The second kappa shape index (κ2) is 7.08. The second-order valence-electron chi connectivity index (χ2n) is 4.25. The number of aromatic nitrogens is 2. The van der Waals surface area contributed by atoms with Crippen LogP contribution in [0, 0.1) is 5.82 Å². The molecule has 0 aliphatic heterocycles. The number of methoxy groups -OCH3 is 1. The quantitative estimate of drug-likeness (QED) is 0.849. The highest BCUT2D eigenvalue weighted by Crippen LogP contribution is 2.34. The van der Waals surface area contributed by atoms with Gasteiger partial charge >= 0.3 is 0 Å². The summed E-state index contributed by atoms with van der Waals surface area (Å²) in [6.07, 6.45) is 2.31. The Kier molecular flexibility index (Phi) is 5.16. The highest BCUT2D eigenvalue weighted by molar-refractivity contribution is 6.33. The number of benzene rings is 1. The zero-order valence-electron chi connectivity index (χ0n) is 11.8. The SMILES string of the molecule is CCCNc1ncnc(Nc2c(F)cccc2Cl)c1OC. The van der Waals surface area contributed by atoms with Crippen molar-refractivity contribution in [3.8, 4) is 5.75 Å². The lowest BCUT2D eigenvalue weighted by atomic mass is 10.3. The largest absolute Gasteiger partial charge is 0.490 e. The molecule has 7 heteroatoms. The zero-order chi connectivity index (χ0) is 15.2. The van der Waals surface area contributed by atoms with Crippen LogP contribution < -0.4 is 15.4 Å². The Hall–Kier alpha value is -2.08. The molecule has 0 aliphatic rings. The number of nitrogens with zero attached hydrogens (tertiary/aromatic N) is 2. The molecule has 0 aliphatic carbocycles. The number of hydrogen-bond donors (Lipinski definition) is 2. The lowest BCUT2D eigenvalue weighted by molar-refractivity contribution is 0.415. The van der Waals surface area contributed by atoms with Crippen LogP contribution in [0.25, 0.3) is 0 Å². The lowest BCUT2D eigenvalue weighted by Crippen LogP contribution is -2.07. The third kappa shape index (κ3) is 3.52. The van der Waals surface area contributed by atoms with Crippen LogP contribution in [0.1, 0.15) is 13.3 Å². The molecule has 0 amide bonds. The van der Waals surface area contributed by atoms with Crippen molar-refractivity contribution in [2.45, 2.75) is 13.3 Å². The molecule has 0 bridgehead atoms. The molecule has 0 saturated heterocycles. The van der Waals surface area contributed by atoms with Crippen molar-refractivity contribution in [1.29, 1.82) is 0 Å². The summed E-state index contributed by atoms with van der Waals surface area (Å²) in [5.41, 5.74) is 0.151. The van der Waals surface area contributed by atoms with E-state index in [4.69, 9.17) is 16.3 Å². The maximum absolute atomic E-state index is 13.8. The fourth-order valence-corrected chi connectivity index (χ4v) is 1.97. The number of rotatable bonds is 6. The van der Waals surface area contributed by atoms with E-state index in [1.807, 2.05) is 6.92 Å². The smallest absolute Gasteiger partial charge is 0.204 e. The molecule has 21 heavy (non-hydrogen) atoms. The van der Waals surface area contributed by atoms with Crippen LogP contribution in [-0.4, -0.2) is 23.6 Å². The summed E-state index contributed by atoms with van der Waals surface area (Å²) in [5, 5.41) is 6.24. The molecule has 2 N–H and O–H groups in total. The lowest BCUT2D eigenvalue weighted by Gasteiger charge is -2.14. The first-order valence-corrected chi connectivity index (χ1v) is 6.89. The summed E-state index contributed by atoms with van der Waals surface area (Å²) >= 11 is 6.00. The summed E-state index contributed by atoms with van der Waals surface area (Å²) in [6, 6.07) is 4.45. The highest BCUT2D eigenvalue weighted by Gasteiger charge is 2.15. The first-order chi connectivity index (χ1) is 10.2. The monoisotopic (exact) mass is 310 g/mol. The highest BCUT2D eigenvalue weighted by atomic mass is 35.5. The first-order valence-electron chi connectivity index (χ1n) is 6.51. The minimum absolute atomic E-state index is 0.151. The molecule has 0 fully saturated rings. The van der Waals surface area contributed by atoms with Gasteiger partial charge in [0.05, 0.1) is 17.8 Å². The Morgan fingerprint density at radius 2 is 2.05 bits per heavy atom. The van der Waals surface area contributed by atoms with Crippen molar-refractivity contribution in [2.75, 3.05) is 24.3 Å². The Morgan fingerprint density at radius 1 is 1.29 bits per heavy atom. The molecule has 1 aromatic carbocycles. The van der Waals surface area contributed by atoms with Crippen molar-refractivity contribution in [3.05, 3.63) is 35.4 Å². The van der Waals surface area contributed by atoms with Crippen LogP contribution in [0.3, 0.4) is 0 Å². The summed E-state index contributed by atoms with van der Waals surface area (Å²) in [7, 11) is 1.50. The van der Waals surface area contributed by atoms with E-state index in [2.05, 4.69) is 20.6 Å². The molecule has 0 saturated carbocycles. The number of nitrogens with one attached hydrogen (secondary N) is 2. The Bertz CT molecular complexity index is 604. The van der Waals surface area contributed by atoms with Gasteiger partial charge in [-0.05, 0) is 18.6 Å². The molecule has 2 aromatic rings. The molecule has 2 rings (SSSR count). The van der Waals surface area contributed by atoms with Gasteiger partial charge in [0.2, 0.25) is 5.75 Å². The molecule has 5 nitrogen and oxygen atoms in total. The third-order valence-electron chi connectivity index (χ3n) is 2.76. The van der Waals surface area contributed by atoms with Gasteiger partial charge in [0, 0.05) is 6.54 Å². The fraction of sp³-hybridized carbons (Fsp3) is 0.286. The van der Waals surface area contributed by atoms with Crippen LogP contribution in [0.15, 0.2) is 24.5 Å². The first kappa shape index (κ1) is 15.3. The molecular formula is C14H16ClFN4O. The number of halogens is 2. The fourth-order valence-electron chi connectivity index (χ4n) is 1.76. The second-order valence-corrected chi connectivity index (χ2v) is 4.66. The molecule has 0 radical (unpaired) electrons. The zero-order valence-corrected chi connectivity index (χ0v) is 12.5. The Morgan fingerprint density at radius 3 is 2.71 bits per heavy atom. The molecule has 0 unspecified atom stereocenters. The van der Waals surface area contributed by atoms with Gasteiger partial charge in [-0.1, -0.05) is 24.6 Å². The van der Waals surface area contributed by atoms with Crippen molar-refractivity contribution in [3.63, 3.8) is 0 Å². The standard InChI is InChI=1S/C14H16ClFN4O/c1-3-7-17-13-12(21-2)14(19-8-18-13)20-11-9(15)5-4-6-10(11)16/h4-6,8H,3,7H2,1-2H3,(H2,17,18,19,20).